The third-order valence-electron chi connectivity index (χ3n) is 5.61. The molecule has 0 saturated heterocycles. The Morgan fingerprint density at radius 3 is 2.28 bits per heavy atom. The number of H-pyrrole nitrogens is 3. The van der Waals surface area contributed by atoms with Gasteiger partial charge in [0.05, 0.1) is 16.9 Å². The maximum Gasteiger partial charge on any atom is 0.103 e. The van der Waals surface area contributed by atoms with E-state index >= 15 is 0 Å². The molecule has 154 valence electrons. The molecule has 0 spiro atoms. The van der Waals surface area contributed by atoms with Crippen LogP contribution >= 0.6 is 0 Å². The smallest absolute Gasteiger partial charge is 0.103 e. The highest BCUT2D eigenvalue weighted by molar-refractivity contribution is 5.88. The summed E-state index contributed by atoms with van der Waals surface area (Å²) < 4.78 is 0. The van der Waals surface area contributed by atoms with Crippen LogP contribution in [0, 0.1) is 5.41 Å². The van der Waals surface area contributed by atoms with Gasteiger partial charge in [-0.1, -0.05) is 12.1 Å². The predicted octanol–water partition coefficient (Wildman–Crippen LogP) is 5.42. The topological polar surface area (TPSA) is 110 Å². The van der Waals surface area contributed by atoms with Crippen LogP contribution in [0.1, 0.15) is 11.4 Å². The highest BCUT2D eigenvalue weighted by atomic mass is 14.8. The summed E-state index contributed by atoms with van der Waals surface area (Å²) in [5, 5.41) is 8.95. The number of aromatic amines is 3. The summed E-state index contributed by atoms with van der Waals surface area (Å²) in [6, 6.07) is 24.0. The third kappa shape index (κ3) is 3.24. The molecule has 1 aromatic carbocycles. The van der Waals surface area contributed by atoms with Crippen molar-refractivity contribution in [2.45, 2.75) is 0 Å². The van der Waals surface area contributed by atoms with Gasteiger partial charge in [-0.15, -0.1) is 0 Å². The number of nitrogens with two attached hydrogens (primary N) is 1. The minimum Gasteiger partial charge on any atom is -0.399 e. The second-order valence-electron chi connectivity index (χ2n) is 7.94. The molecule has 8 bridgehead atoms. The van der Waals surface area contributed by atoms with Gasteiger partial charge in [0.2, 0.25) is 0 Å². The van der Waals surface area contributed by atoms with Gasteiger partial charge in [0.25, 0.3) is 0 Å². The molecular formula is C26H20N6. The maximum atomic E-state index is 8.58. The first kappa shape index (κ1) is 18.2. The highest BCUT2D eigenvalue weighted by Crippen LogP contribution is 2.28. The average molecular weight is 416 g/mol. The lowest BCUT2D eigenvalue weighted by Crippen LogP contribution is -2.03. The SMILES string of the molecule is N=c1c2nc(cc3[nH]c(cc3-c3cccc(N)c3)cc3ccc(cc4ccc1[nH]4)[nH]3)C=C2. The summed E-state index contributed by atoms with van der Waals surface area (Å²) in [4.78, 5) is 14.9. The molecule has 6 rings (SSSR count). The molecular weight excluding hydrogens is 396 g/mol. The van der Waals surface area contributed by atoms with E-state index in [1.54, 1.807) is 0 Å². The van der Waals surface area contributed by atoms with E-state index in [1.807, 2.05) is 72.8 Å². The lowest BCUT2D eigenvalue weighted by Gasteiger charge is -2.00. The van der Waals surface area contributed by atoms with Crippen LogP contribution < -0.4 is 11.1 Å². The zero-order valence-corrected chi connectivity index (χ0v) is 17.1. The molecule has 0 amide bonds. The molecule has 0 radical (unpaired) electrons. The fraction of sp³-hybridized carbons (Fsp3) is 0. The third-order valence-corrected chi connectivity index (χ3v) is 5.61. The van der Waals surface area contributed by atoms with Crippen molar-refractivity contribution in [1.82, 2.24) is 19.9 Å². The Hall–Kier alpha value is -4.58. The predicted molar refractivity (Wildman–Crippen MR) is 131 cm³/mol. The van der Waals surface area contributed by atoms with Gasteiger partial charge in [0.15, 0.2) is 0 Å². The minimum atomic E-state index is 0.361. The van der Waals surface area contributed by atoms with Gasteiger partial charge in [-0.25, -0.2) is 4.98 Å². The Bertz CT molecular complexity index is 1710. The number of nitrogens with one attached hydrogen (secondary N) is 4. The van der Waals surface area contributed by atoms with E-state index in [2.05, 4.69) is 32.1 Å². The number of benzene rings is 1. The average Bonchev–Trinajstić information content (AvgIpc) is 3.56. The lowest BCUT2D eigenvalue weighted by atomic mass is 10.1. The number of rotatable bonds is 1. The van der Waals surface area contributed by atoms with E-state index in [1.165, 1.54) is 0 Å². The van der Waals surface area contributed by atoms with E-state index < -0.39 is 0 Å². The van der Waals surface area contributed by atoms with Crippen LogP contribution in [0.5, 0.6) is 0 Å². The zero-order chi connectivity index (χ0) is 21.7. The van der Waals surface area contributed by atoms with Crippen molar-refractivity contribution in [2.24, 2.45) is 0 Å². The summed E-state index contributed by atoms with van der Waals surface area (Å²) in [5.74, 6) is 0. The molecule has 1 aliphatic heterocycles. The van der Waals surface area contributed by atoms with Crippen LogP contribution in [0.4, 0.5) is 5.69 Å². The Balaban J connectivity index is 1.72. The summed E-state index contributed by atoms with van der Waals surface area (Å²) >= 11 is 0. The molecule has 0 fully saturated rings. The van der Waals surface area contributed by atoms with Crippen LogP contribution in [0.15, 0.2) is 72.8 Å². The number of hydrogen-bond donors (Lipinski definition) is 5. The number of nitrogens with zero attached hydrogens (tertiary/aromatic N) is 1. The summed E-state index contributed by atoms with van der Waals surface area (Å²) in [5.41, 5.74) is 15.8. The molecule has 0 saturated carbocycles. The van der Waals surface area contributed by atoms with Crippen molar-refractivity contribution in [2.75, 3.05) is 5.73 Å². The zero-order valence-electron chi connectivity index (χ0n) is 17.1. The monoisotopic (exact) mass is 416 g/mol. The van der Waals surface area contributed by atoms with Crippen LogP contribution in [0.2, 0.25) is 0 Å². The lowest BCUT2D eigenvalue weighted by molar-refractivity contribution is 1.20. The Morgan fingerprint density at radius 1 is 0.688 bits per heavy atom. The number of nitrogen functional groups attached to an aromatic ring is 1. The first-order chi connectivity index (χ1) is 15.6. The molecule has 5 aromatic rings. The Kier molecular flexibility index (Phi) is 3.98. The number of aromatic nitrogens is 4. The second-order valence-corrected chi connectivity index (χ2v) is 7.94. The fourth-order valence-corrected chi connectivity index (χ4v) is 4.09. The van der Waals surface area contributed by atoms with E-state index in [9.17, 15) is 0 Å². The van der Waals surface area contributed by atoms with Gasteiger partial charge >= 0.3 is 0 Å². The van der Waals surface area contributed by atoms with Crippen molar-refractivity contribution in [3.8, 4) is 11.1 Å². The largest absolute Gasteiger partial charge is 0.399 e. The van der Waals surface area contributed by atoms with E-state index in [0.29, 0.717) is 11.1 Å². The van der Waals surface area contributed by atoms with E-state index in [-0.39, 0.29) is 0 Å². The van der Waals surface area contributed by atoms with Gasteiger partial charge in [-0.2, -0.15) is 0 Å². The second kappa shape index (κ2) is 6.99. The number of fused-ring (bicyclic) bond motifs is 8. The first-order valence-electron chi connectivity index (χ1n) is 10.3. The molecule has 5 heterocycles. The van der Waals surface area contributed by atoms with Gasteiger partial charge in [-0.3, -0.25) is 5.41 Å². The van der Waals surface area contributed by atoms with Crippen molar-refractivity contribution < 1.29 is 0 Å². The molecule has 0 unspecified atom stereocenters. The standard InChI is InChI=1S/C26H20N6/c27-16-3-1-2-15(10-16)22-13-21-12-18-5-4-17(29-18)11-19-6-8-23(30-19)26(28)24-9-7-20(31-24)14-25(22)32-21/h1-14,28-30,32H,27H2. The van der Waals surface area contributed by atoms with Crippen molar-refractivity contribution in [3.05, 3.63) is 89.5 Å². The number of anilines is 1. The van der Waals surface area contributed by atoms with Gasteiger partial charge in [0, 0.05) is 38.8 Å². The van der Waals surface area contributed by atoms with Crippen LogP contribution in [0.3, 0.4) is 0 Å². The molecule has 1 aliphatic rings. The minimum absolute atomic E-state index is 0.361. The van der Waals surface area contributed by atoms with E-state index in [0.717, 1.165) is 55.6 Å². The van der Waals surface area contributed by atoms with Crippen molar-refractivity contribution >= 4 is 50.9 Å². The van der Waals surface area contributed by atoms with Gasteiger partial charge < -0.3 is 20.7 Å². The molecule has 0 atom stereocenters. The molecule has 6 N–H and O–H groups in total. The molecule has 6 heteroatoms. The first-order valence-corrected chi connectivity index (χ1v) is 10.3. The van der Waals surface area contributed by atoms with E-state index in [4.69, 9.17) is 11.1 Å². The quantitative estimate of drug-likeness (QED) is 0.231. The summed E-state index contributed by atoms with van der Waals surface area (Å²) in [6.07, 6.45) is 3.81. The highest BCUT2D eigenvalue weighted by Gasteiger charge is 2.07. The van der Waals surface area contributed by atoms with Crippen molar-refractivity contribution in [3.63, 3.8) is 0 Å². The Morgan fingerprint density at radius 2 is 1.44 bits per heavy atom. The van der Waals surface area contributed by atoms with Crippen LogP contribution in [-0.2, 0) is 0 Å². The van der Waals surface area contributed by atoms with Crippen LogP contribution in [-0.4, -0.2) is 19.9 Å². The van der Waals surface area contributed by atoms with Gasteiger partial charge in [0.1, 0.15) is 5.36 Å². The molecule has 6 nitrogen and oxygen atoms in total. The van der Waals surface area contributed by atoms with Gasteiger partial charge in [-0.05, 0) is 78.4 Å². The fourth-order valence-electron chi connectivity index (χ4n) is 4.09. The van der Waals surface area contributed by atoms with Crippen LogP contribution in [0.25, 0.3) is 56.4 Å². The maximum absolute atomic E-state index is 8.58. The molecule has 4 aromatic heterocycles. The summed E-state index contributed by atoms with van der Waals surface area (Å²) in [6.45, 7) is 0. The van der Waals surface area contributed by atoms with Crippen molar-refractivity contribution in [1.29, 1.82) is 5.41 Å². The normalized spacial score (nSPS) is 11.9. The molecule has 0 aliphatic carbocycles. The molecule has 32 heavy (non-hydrogen) atoms. The number of hydrogen-bond acceptors (Lipinski definition) is 3. The Labute approximate surface area is 183 Å². The summed E-state index contributed by atoms with van der Waals surface area (Å²) in [7, 11) is 0.